The molecule has 3 nitrogen and oxygen atoms in total. The number of pyridine rings is 1. The highest BCUT2D eigenvalue weighted by Crippen LogP contribution is 2.32. The number of nitrogens with zero attached hydrogens (tertiary/aromatic N) is 2. The van der Waals surface area contributed by atoms with Crippen molar-refractivity contribution >= 4 is 22.3 Å². The number of anilines is 2. The van der Waals surface area contributed by atoms with Crippen LogP contribution in [0.25, 0.3) is 22.2 Å². The Kier molecular flexibility index (Phi) is 5.47. The van der Waals surface area contributed by atoms with Crippen LogP contribution in [-0.4, -0.2) is 25.1 Å². The molecule has 0 atom stereocenters. The van der Waals surface area contributed by atoms with Crippen LogP contribution >= 0.6 is 0 Å². The van der Waals surface area contributed by atoms with E-state index in [0.717, 1.165) is 33.5 Å². The summed E-state index contributed by atoms with van der Waals surface area (Å²) in [6.07, 6.45) is 7.82. The summed E-state index contributed by atoms with van der Waals surface area (Å²) < 4.78 is 13.7. The molecular formula is C24H28FN3. The molecule has 1 N–H and O–H groups in total. The van der Waals surface area contributed by atoms with E-state index in [2.05, 4.69) is 28.4 Å². The minimum absolute atomic E-state index is 0.242. The first kappa shape index (κ1) is 18.7. The first-order chi connectivity index (χ1) is 13.6. The van der Waals surface area contributed by atoms with Gasteiger partial charge in [-0.05, 0) is 49.2 Å². The van der Waals surface area contributed by atoms with Gasteiger partial charge in [-0.3, -0.25) is 0 Å². The summed E-state index contributed by atoms with van der Waals surface area (Å²) in [5.41, 5.74) is 4.76. The number of rotatable bonds is 4. The Bertz CT molecular complexity index is 959. The molecule has 0 saturated heterocycles. The fourth-order valence-electron chi connectivity index (χ4n) is 4.12. The fraction of sp³-hybridized carbons (Fsp3) is 0.375. The van der Waals surface area contributed by atoms with Crippen molar-refractivity contribution in [1.82, 2.24) is 4.98 Å². The highest BCUT2D eigenvalue weighted by Gasteiger charge is 2.14. The van der Waals surface area contributed by atoms with Crippen LogP contribution in [0.1, 0.15) is 38.5 Å². The number of hydrogen-bond acceptors (Lipinski definition) is 3. The zero-order valence-corrected chi connectivity index (χ0v) is 16.7. The lowest BCUT2D eigenvalue weighted by atomic mass is 10.1. The second kappa shape index (κ2) is 8.17. The summed E-state index contributed by atoms with van der Waals surface area (Å²) in [6.45, 7) is 0. The Labute approximate surface area is 166 Å². The van der Waals surface area contributed by atoms with E-state index in [0.29, 0.717) is 6.04 Å². The summed E-state index contributed by atoms with van der Waals surface area (Å²) in [6, 6.07) is 15.6. The minimum atomic E-state index is -0.242. The van der Waals surface area contributed by atoms with Crippen molar-refractivity contribution < 1.29 is 4.39 Å². The summed E-state index contributed by atoms with van der Waals surface area (Å²) in [5.74, 6) is -0.242. The molecular weight excluding hydrogens is 349 g/mol. The Morgan fingerprint density at radius 2 is 1.75 bits per heavy atom. The molecule has 2 aromatic carbocycles. The molecule has 0 unspecified atom stereocenters. The van der Waals surface area contributed by atoms with Gasteiger partial charge in [-0.1, -0.05) is 37.8 Å². The first-order valence-electron chi connectivity index (χ1n) is 10.2. The van der Waals surface area contributed by atoms with Crippen molar-refractivity contribution in [2.24, 2.45) is 0 Å². The monoisotopic (exact) mass is 377 g/mol. The maximum absolute atomic E-state index is 13.7. The van der Waals surface area contributed by atoms with Gasteiger partial charge >= 0.3 is 0 Å². The molecule has 1 heterocycles. The molecule has 1 saturated carbocycles. The number of benzene rings is 2. The van der Waals surface area contributed by atoms with Crippen molar-refractivity contribution in [3.63, 3.8) is 0 Å². The Morgan fingerprint density at radius 1 is 0.964 bits per heavy atom. The maximum Gasteiger partial charge on any atom is 0.123 e. The lowest BCUT2D eigenvalue weighted by Crippen LogP contribution is -2.18. The Morgan fingerprint density at radius 3 is 2.46 bits per heavy atom. The summed E-state index contributed by atoms with van der Waals surface area (Å²) in [4.78, 5) is 6.91. The molecule has 146 valence electrons. The Balaban J connectivity index is 1.72. The molecule has 3 aromatic rings. The fourth-order valence-corrected chi connectivity index (χ4v) is 4.12. The highest BCUT2D eigenvalue weighted by atomic mass is 19.1. The molecule has 0 aliphatic heterocycles. The average Bonchev–Trinajstić information content (AvgIpc) is 2.95. The van der Waals surface area contributed by atoms with Gasteiger partial charge in [0, 0.05) is 42.5 Å². The molecule has 0 bridgehead atoms. The van der Waals surface area contributed by atoms with Crippen LogP contribution in [-0.2, 0) is 0 Å². The minimum Gasteiger partial charge on any atom is -0.382 e. The van der Waals surface area contributed by atoms with Crippen LogP contribution in [0.5, 0.6) is 0 Å². The second-order valence-corrected chi connectivity index (χ2v) is 8.00. The van der Waals surface area contributed by atoms with Gasteiger partial charge in [-0.15, -0.1) is 0 Å². The van der Waals surface area contributed by atoms with Gasteiger partial charge in [0.1, 0.15) is 5.82 Å². The van der Waals surface area contributed by atoms with Crippen molar-refractivity contribution in [3.8, 4) is 11.3 Å². The lowest BCUT2D eigenvalue weighted by Gasteiger charge is -2.20. The molecule has 1 aliphatic rings. The smallest absolute Gasteiger partial charge is 0.123 e. The predicted octanol–water partition coefficient (Wildman–Crippen LogP) is 6.24. The van der Waals surface area contributed by atoms with E-state index in [-0.39, 0.29) is 5.82 Å². The van der Waals surface area contributed by atoms with Crippen LogP contribution in [0.3, 0.4) is 0 Å². The van der Waals surface area contributed by atoms with E-state index < -0.39 is 0 Å². The normalized spacial score (nSPS) is 15.4. The van der Waals surface area contributed by atoms with Crippen molar-refractivity contribution in [2.45, 2.75) is 44.6 Å². The van der Waals surface area contributed by atoms with Crippen molar-refractivity contribution in [1.29, 1.82) is 0 Å². The Hall–Kier alpha value is -2.62. The van der Waals surface area contributed by atoms with Gasteiger partial charge in [0.15, 0.2) is 0 Å². The molecule has 0 radical (unpaired) electrons. The predicted molar refractivity (Wildman–Crippen MR) is 117 cm³/mol. The highest BCUT2D eigenvalue weighted by molar-refractivity contribution is 5.96. The van der Waals surface area contributed by atoms with Crippen molar-refractivity contribution in [2.75, 3.05) is 24.3 Å². The van der Waals surface area contributed by atoms with E-state index in [4.69, 9.17) is 4.98 Å². The van der Waals surface area contributed by atoms with E-state index in [1.54, 1.807) is 6.07 Å². The van der Waals surface area contributed by atoms with Crippen LogP contribution in [0.4, 0.5) is 15.8 Å². The van der Waals surface area contributed by atoms with Gasteiger partial charge in [0.2, 0.25) is 0 Å². The number of halogens is 1. The summed E-state index contributed by atoms with van der Waals surface area (Å²) >= 11 is 0. The van der Waals surface area contributed by atoms with E-state index in [1.807, 2.05) is 26.2 Å². The molecule has 0 spiro atoms. The third-order valence-corrected chi connectivity index (χ3v) is 5.61. The van der Waals surface area contributed by atoms with Gasteiger partial charge in [0.05, 0.1) is 11.2 Å². The molecule has 4 heteroatoms. The zero-order chi connectivity index (χ0) is 19.5. The molecule has 0 amide bonds. The third kappa shape index (κ3) is 4.11. The van der Waals surface area contributed by atoms with Gasteiger partial charge in [0.25, 0.3) is 0 Å². The van der Waals surface area contributed by atoms with Gasteiger partial charge in [-0.25, -0.2) is 9.37 Å². The maximum atomic E-state index is 13.7. The average molecular weight is 378 g/mol. The number of aromatic nitrogens is 1. The number of hydrogen-bond donors (Lipinski definition) is 1. The lowest BCUT2D eigenvalue weighted by molar-refractivity contribution is 0.620. The van der Waals surface area contributed by atoms with Gasteiger partial charge < -0.3 is 10.2 Å². The molecule has 1 aliphatic carbocycles. The molecule has 1 fully saturated rings. The molecule has 1 aromatic heterocycles. The van der Waals surface area contributed by atoms with E-state index in [1.165, 1.54) is 50.7 Å². The van der Waals surface area contributed by atoms with E-state index in [9.17, 15) is 4.39 Å². The molecule has 28 heavy (non-hydrogen) atoms. The van der Waals surface area contributed by atoms with Crippen LogP contribution in [0.15, 0.2) is 48.5 Å². The SMILES string of the molecule is CN(C)c1cc(-c2cccc(F)c2)nc2ccc(NC3CCCCCC3)cc12. The molecule has 4 rings (SSSR count). The third-order valence-electron chi connectivity index (χ3n) is 5.61. The van der Waals surface area contributed by atoms with Crippen LogP contribution in [0.2, 0.25) is 0 Å². The van der Waals surface area contributed by atoms with Crippen LogP contribution in [0, 0.1) is 5.82 Å². The quantitative estimate of drug-likeness (QED) is 0.545. The van der Waals surface area contributed by atoms with Crippen LogP contribution < -0.4 is 10.2 Å². The summed E-state index contributed by atoms with van der Waals surface area (Å²) in [5, 5.41) is 4.85. The summed E-state index contributed by atoms with van der Waals surface area (Å²) in [7, 11) is 4.07. The van der Waals surface area contributed by atoms with E-state index >= 15 is 0 Å². The zero-order valence-electron chi connectivity index (χ0n) is 16.7. The largest absolute Gasteiger partial charge is 0.382 e. The number of nitrogens with one attached hydrogen (secondary N) is 1. The van der Waals surface area contributed by atoms with Gasteiger partial charge in [-0.2, -0.15) is 0 Å². The first-order valence-corrected chi connectivity index (χ1v) is 10.2. The topological polar surface area (TPSA) is 28.2 Å². The standard InChI is InChI=1S/C24H28FN3/c1-28(2)24-16-23(17-8-7-9-18(25)14-17)27-22-13-12-20(15-21(22)24)26-19-10-5-3-4-6-11-19/h7-9,12-16,19,26H,3-6,10-11H2,1-2H3. The second-order valence-electron chi connectivity index (χ2n) is 8.00. The van der Waals surface area contributed by atoms with Crippen molar-refractivity contribution in [3.05, 3.63) is 54.3 Å². The number of fused-ring (bicyclic) bond motifs is 1.